The van der Waals surface area contributed by atoms with E-state index < -0.39 is 5.09 Å². The van der Waals surface area contributed by atoms with Crippen LogP contribution in [0.25, 0.3) is 0 Å². The molecule has 0 rings (SSSR count). The van der Waals surface area contributed by atoms with Crippen LogP contribution in [0.4, 0.5) is 0 Å². The summed E-state index contributed by atoms with van der Waals surface area (Å²) in [5, 5.41) is 8.52. The Morgan fingerprint density at radius 2 is 2.11 bits per heavy atom. The van der Waals surface area contributed by atoms with Gasteiger partial charge in [-0.1, -0.05) is 0 Å². The molecule has 0 saturated heterocycles. The Morgan fingerprint density at radius 1 is 1.67 bits per heavy atom. The molecule has 0 aromatic heterocycles. The van der Waals surface area contributed by atoms with Gasteiger partial charge in [0.05, 0.1) is 0 Å². The van der Waals surface area contributed by atoms with Gasteiger partial charge in [-0.2, -0.15) is 0 Å². The summed E-state index contributed by atoms with van der Waals surface area (Å²) >= 11 is 0. The Labute approximate surface area is 77.7 Å². The molecule has 0 spiro atoms. The van der Waals surface area contributed by atoms with Crippen LogP contribution < -0.4 is 0 Å². The standard InChI is InChI=1S/C3H6NO4.Y/c1-3(7-2)8-4(5)6;/h1-2H3;/q-1;. The molecule has 51 valence electrons. The van der Waals surface area contributed by atoms with Gasteiger partial charge in [0, 0.05) is 39.8 Å². The molecule has 0 unspecified atom stereocenters. The third-order valence-electron chi connectivity index (χ3n) is 0.491. The molecule has 0 aromatic rings. The molecule has 0 fully saturated rings. The molecule has 0 aliphatic heterocycles. The monoisotopic (exact) mass is 209 g/mol. The van der Waals surface area contributed by atoms with Crippen LogP contribution in [-0.4, -0.2) is 12.2 Å². The minimum absolute atomic E-state index is 0. The molecule has 0 bridgehead atoms. The third kappa shape index (κ3) is 8.26. The molecule has 0 heterocycles. The molecule has 0 atom stereocenters. The van der Waals surface area contributed by atoms with E-state index in [1.807, 2.05) is 0 Å². The Balaban J connectivity index is 0. The van der Waals surface area contributed by atoms with E-state index in [0.717, 1.165) is 0 Å². The van der Waals surface area contributed by atoms with Gasteiger partial charge in [0.1, 0.15) is 0 Å². The van der Waals surface area contributed by atoms with Gasteiger partial charge in [0.2, 0.25) is 0 Å². The van der Waals surface area contributed by atoms with E-state index in [9.17, 15) is 10.1 Å². The maximum atomic E-state index is 9.45. The second-order valence-electron chi connectivity index (χ2n) is 1.01. The first-order valence-electron chi connectivity index (χ1n) is 1.86. The molecular weight excluding hydrogens is 203 g/mol. The molecule has 0 aliphatic carbocycles. The summed E-state index contributed by atoms with van der Waals surface area (Å²) < 4.78 is 4.31. The Morgan fingerprint density at radius 3 is 2.22 bits per heavy atom. The zero-order valence-corrected chi connectivity index (χ0v) is 8.00. The average Bonchev–Trinajstić information content (AvgIpc) is 1.65. The zero-order chi connectivity index (χ0) is 6.57. The quantitative estimate of drug-likeness (QED) is 0.382. The van der Waals surface area contributed by atoms with Crippen molar-refractivity contribution in [1.82, 2.24) is 0 Å². The molecule has 0 aliphatic rings. The maximum Gasteiger partial charge on any atom is 0.263 e. The fraction of sp³-hybridized carbons (Fsp3) is 0.667. The number of hydrogen-bond donors (Lipinski definition) is 0. The number of rotatable bonds is 3. The molecule has 0 aromatic carbocycles. The van der Waals surface area contributed by atoms with Gasteiger partial charge in [-0.3, -0.25) is 0 Å². The molecule has 1 radical (unpaired) electrons. The molecule has 0 amide bonds. The number of ether oxygens (including phenoxy) is 1. The largest absolute Gasteiger partial charge is 0.526 e. The van der Waals surface area contributed by atoms with E-state index in [4.69, 9.17) is 0 Å². The smallest absolute Gasteiger partial charge is 0.263 e. The van der Waals surface area contributed by atoms with Crippen LogP contribution in [0, 0.1) is 16.4 Å². The van der Waals surface area contributed by atoms with Gasteiger partial charge >= 0.3 is 0 Å². The van der Waals surface area contributed by atoms with E-state index in [1.54, 1.807) is 0 Å². The van der Waals surface area contributed by atoms with Crippen molar-refractivity contribution in [2.75, 3.05) is 7.11 Å². The topological polar surface area (TPSA) is 61.6 Å². The van der Waals surface area contributed by atoms with E-state index in [2.05, 4.69) is 9.57 Å². The Bertz CT molecular complexity index is 87.9. The van der Waals surface area contributed by atoms with Gasteiger partial charge in [0.15, 0.2) is 0 Å². The summed E-state index contributed by atoms with van der Waals surface area (Å²) in [6.45, 7) is 1.35. The summed E-state index contributed by atoms with van der Waals surface area (Å²) in [5.74, 6) is 0. The summed E-state index contributed by atoms with van der Waals surface area (Å²) in [5.41, 5.74) is 0. The van der Waals surface area contributed by atoms with Crippen LogP contribution in [0.1, 0.15) is 6.92 Å². The predicted molar refractivity (Wildman–Crippen MR) is 24.0 cm³/mol. The van der Waals surface area contributed by atoms with Crippen molar-refractivity contribution >= 4 is 0 Å². The average molecular weight is 209 g/mol. The summed E-state index contributed by atoms with van der Waals surface area (Å²) in [6.07, 6.45) is -0.0741. The van der Waals surface area contributed by atoms with Crippen molar-refractivity contribution in [3.8, 4) is 0 Å². The minimum Gasteiger partial charge on any atom is -0.526 e. The van der Waals surface area contributed by atoms with Crippen LogP contribution in [0.15, 0.2) is 0 Å². The van der Waals surface area contributed by atoms with E-state index in [1.165, 1.54) is 14.0 Å². The fourth-order valence-electron chi connectivity index (χ4n) is 0.142. The van der Waals surface area contributed by atoms with Gasteiger partial charge < -0.3 is 9.57 Å². The first-order valence-corrected chi connectivity index (χ1v) is 1.86. The molecular formula is C3H6NO4Y-. The van der Waals surface area contributed by atoms with Crippen LogP contribution >= 0.6 is 0 Å². The Kier molecular flexibility index (Phi) is 8.51. The number of methoxy groups -OCH3 is 1. The van der Waals surface area contributed by atoms with Gasteiger partial charge in [0.25, 0.3) is 5.09 Å². The van der Waals surface area contributed by atoms with Crippen LogP contribution in [0.2, 0.25) is 0 Å². The van der Waals surface area contributed by atoms with E-state index >= 15 is 0 Å². The molecule has 6 heteroatoms. The number of hydrogen-bond acceptors (Lipinski definition) is 4. The van der Waals surface area contributed by atoms with Crippen molar-refractivity contribution in [3.05, 3.63) is 16.4 Å². The van der Waals surface area contributed by atoms with Crippen molar-refractivity contribution in [2.45, 2.75) is 6.92 Å². The number of nitrogens with zero attached hydrogens (tertiary/aromatic N) is 1. The second kappa shape index (κ2) is 6.38. The fourth-order valence-corrected chi connectivity index (χ4v) is 0.142. The van der Waals surface area contributed by atoms with Crippen LogP contribution in [0.5, 0.6) is 0 Å². The SMILES string of the molecule is CO[C-](C)O[N+](=O)[O-].[Y]. The van der Waals surface area contributed by atoms with Crippen molar-refractivity contribution in [2.24, 2.45) is 0 Å². The molecule has 0 saturated carbocycles. The summed E-state index contributed by atoms with van der Waals surface area (Å²) in [4.78, 5) is 13.3. The summed E-state index contributed by atoms with van der Waals surface area (Å²) in [7, 11) is 1.29. The first kappa shape index (κ1) is 12.0. The first-order chi connectivity index (χ1) is 3.66. The molecule has 0 N–H and O–H groups in total. The Hall–Kier alpha value is 0.264. The third-order valence-corrected chi connectivity index (χ3v) is 0.491. The zero-order valence-electron chi connectivity index (χ0n) is 5.16. The maximum absolute atomic E-state index is 9.45. The van der Waals surface area contributed by atoms with Crippen LogP contribution in [0.3, 0.4) is 0 Å². The molecule has 9 heavy (non-hydrogen) atoms. The van der Waals surface area contributed by atoms with Crippen LogP contribution in [-0.2, 0) is 42.3 Å². The predicted octanol–water partition coefficient (Wildman–Crippen LogP) is 0.348. The van der Waals surface area contributed by atoms with Crippen molar-refractivity contribution in [3.63, 3.8) is 0 Å². The van der Waals surface area contributed by atoms with Crippen molar-refractivity contribution in [1.29, 1.82) is 0 Å². The van der Waals surface area contributed by atoms with Gasteiger partial charge in [-0.15, -0.1) is 17.0 Å². The van der Waals surface area contributed by atoms with Gasteiger partial charge in [-0.25, -0.2) is 0 Å². The van der Waals surface area contributed by atoms with E-state index in [0.29, 0.717) is 0 Å². The van der Waals surface area contributed by atoms with Gasteiger partial charge in [-0.05, 0) is 6.29 Å². The molecule has 5 nitrogen and oxygen atoms in total. The van der Waals surface area contributed by atoms with Crippen molar-refractivity contribution < 1.29 is 47.4 Å². The second-order valence-corrected chi connectivity index (χ2v) is 1.01. The normalized spacial score (nSPS) is 8.33. The minimum atomic E-state index is -0.932. The van der Waals surface area contributed by atoms with E-state index in [-0.39, 0.29) is 39.0 Å². The summed E-state index contributed by atoms with van der Waals surface area (Å²) in [6, 6.07) is 0.